The minimum Gasteiger partial charge on any atom is -0.390 e. The number of benzene rings is 1. The minimum absolute atomic E-state index is 0.408. The summed E-state index contributed by atoms with van der Waals surface area (Å²) in [7, 11) is 0. The molecular weight excluding hydrogens is 220 g/mol. The Balaban J connectivity index is 1.87. The molecule has 4 atom stereocenters. The maximum atomic E-state index is 9.75. The average molecular weight is 238 g/mol. The molecule has 1 saturated carbocycles. The maximum Gasteiger partial charge on any atom is 0.109 e. The van der Waals surface area contributed by atoms with E-state index in [1.807, 2.05) is 30.3 Å². The zero-order chi connectivity index (χ0) is 12.3. The van der Waals surface area contributed by atoms with E-state index in [0.29, 0.717) is 19.4 Å². The van der Waals surface area contributed by atoms with E-state index in [0.717, 1.165) is 5.56 Å². The van der Waals surface area contributed by atoms with Crippen LogP contribution in [-0.4, -0.2) is 39.7 Å². The molecule has 2 rings (SSSR count). The predicted octanol–water partition coefficient (Wildman–Crippen LogP) is 0.448. The SMILES string of the molecule is O[C@@H]1[C@H](O)[C@@H](O)CC[C@@H]1OCc1ccccc1. The molecule has 4 heteroatoms. The van der Waals surface area contributed by atoms with Crippen molar-refractivity contribution in [3.63, 3.8) is 0 Å². The summed E-state index contributed by atoms with van der Waals surface area (Å²) >= 11 is 0. The van der Waals surface area contributed by atoms with Gasteiger partial charge in [-0.15, -0.1) is 0 Å². The molecule has 1 fully saturated rings. The molecule has 0 bridgehead atoms. The van der Waals surface area contributed by atoms with E-state index in [-0.39, 0.29) is 0 Å². The Bertz CT molecular complexity index is 341. The smallest absolute Gasteiger partial charge is 0.109 e. The van der Waals surface area contributed by atoms with Crippen LogP contribution < -0.4 is 0 Å². The lowest BCUT2D eigenvalue weighted by Gasteiger charge is -2.34. The molecule has 0 heterocycles. The van der Waals surface area contributed by atoms with Gasteiger partial charge in [-0.05, 0) is 18.4 Å². The van der Waals surface area contributed by atoms with E-state index < -0.39 is 24.4 Å². The Morgan fingerprint density at radius 3 is 2.41 bits per heavy atom. The van der Waals surface area contributed by atoms with Gasteiger partial charge in [0.2, 0.25) is 0 Å². The molecule has 1 aromatic rings. The molecule has 0 unspecified atom stereocenters. The predicted molar refractivity (Wildman–Crippen MR) is 62.3 cm³/mol. The van der Waals surface area contributed by atoms with Gasteiger partial charge in [0.15, 0.2) is 0 Å². The average Bonchev–Trinajstić information content (AvgIpc) is 2.36. The Kier molecular flexibility index (Phi) is 4.12. The number of rotatable bonds is 3. The van der Waals surface area contributed by atoms with Crippen molar-refractivity contribution < 1.29 is 20.1 Å². The molecule has 0 saturated heterocycles. The van der Waals surface area contributed by atoms with Crippen LogP contribution in [0, 0.1) is 0 Å². The molecule has 1 aliphatic carbocycles. The van der Waals surface area contributed by atoms with Gasteiger partial charge in [-0.2, -0.15) is 0 Å². The van der Waals surface area contributed by atoms with Gasteiger partial charge in [-0.3, -0.25) is 0 Å². The third kappa shape index (κ3) is 3.04. The fraction of sp³-hybridized carbons (Fsp3) is 0.538. The van der Waals surface area contributed by atoms with Crippen LogP contribution >= 0.6 is 0 Å². The molecule has 94 valence electrons. The summed E-state index contributed by atoms with van der Waals surface area (Å²) in [6.45, 7) is 0.408. The highest BCUT2D eigenvalue weighted by molar-refractivity contribution is 5.13. The lowest BCUT2D eigenvalue weighted by molar-refractivity contribution is -0.156. The second kappa shape index (κ2) is 5.60. The summed E-state index contributed by atoms with van der Waals surface area (Å²) in [6.07, 6.45) is -2.36. The number of aliphatic hydroxyl groups is 3. The molecule has 1 aliphatic rings. The monoisotopic (exact) mass is 238 g/mol. The molecule has 0 amide bonds. The molecule has 0 aromatic heterocycles. The summed E-state index contributed by atoms with van der Waals surface area (Å²) in [5, 5.41) is 28.7. The summed E-state index contributed by atoms with van der Waals surface area (Å²) in [4.78, 5) is 0. The highest BCUT2D eigenvalue weighted by Crippen LogP contribution is 2.23. The number of hydrogen-bond acceptors (Lipinski definition) is 4. The first-order valence-corrected chi connectivity index (χ1v) is 5.88. The van der Waals surface area contributed by atoms with Crippen molar-refractivity contribution >= 4 is 0 Å². The fourth-order valence-corrected chi connectivity index (χ4v) is 2.08. The first-order chi connectivity index (χ1) is 8.18. The lowest BCUT2D eigenvalue weighted by atomic mass is 9.89. The van der Waals surface area contributed by atoms with Gasteiger partial charge in [0.25, 0.3) is 0 Å². The fourth-order valence-electron chi connectivity index (χ4n) is 2.08. The van der Waals surface area contributed by atoms with Gasteiger partial charge in [-0.25, -0.2) is 0 Å². The first-order valence-electron chi connectivity index (χ1n) is 5.88. The van der Waals surface area contributed by atoms with Gasteiger partial charge in [0.1, 0.15) is 12.2 Å². The molecule has 17 heavy (non-hydrogen) atoms. The van der Waals surface area contributed by atoms with Crippen LogP contribution in [0.1, 0.15) is 18.4 Å². The second-order valence-corrected chi connectivity index (χ2v) is 4.46. The van der Waals surface area contributed by atoms with Crippen LogP contribution in [0.3, 0.4) is 0 Å². The molecule has 0 radical (unpaired) electrons. The van der Waals surface area contributed by atoms with Gasteiger partial charge in [-0.1, -0.05) is 30.3 Å². The van der Waals surface area contributed by atoms with Gasteiger partial charge in [0, 0.05) is 0 Å². The number of hydrogen-bond donors (Lipinski definition) is 3. The zero-order valence-corrected chi connectivity index (χ0v) is 9.57. The minimum atomic E-state index is -1.11. The van der Waals surface area contributed by atoms with Crippen LogP contribution in [0.15, 0.2) is 30.3 Å². The number of aliphatic hydroxyl groups excluding tert-OH is 3. The van der Waals surface area contributed by atoms with Crippen molar-refractivity contribution in [2.45, 2.75) is 43.9 Å². The Morgan fingerprint density at radius 1 is 1.00 bits per heavy atom. The highest BCUT2D eigenvalue weighted by atomic mass is 16.5. The van der Waals surface area contributed by atoms with Crippen LogP contribution in [0.25, 0.3) is 0 Å². The van der Waals surface area contributed by atoms with Crippen molar-refractivity contribution in [2.75, 3.05) is 0 Å². The first kappa shape index (κ1) is 12.5. The molecule has 1 aromatic carbocycles. The summed E-state index contributed by atoms with van der Waals surface area (Å²) in [6, 6.07) is 9.67. The van der Waals surface area contributed by atoms with E-state index in [4.69, 9.17) is 4.74 Å². The van der Waals surface area contributed by atoms with Crippen LogP contribution in [0.4, 0.5) is 0 Å². The quantitative estimate of drug-likeness (QED) is 0.715. The van der Waals surface area contributed by atoms with E-state index in [2.05, 4.69) is 0 Å². The third-order valence-electron chi connectivity index (χ3n) is 3.18. The Morgan fingerprint density at radius 2 is 1.71 bits per heavy atom. The normalized spacial score (nSPS) is 33.6. The van der Waals surface area contributed by atoms with Crippen LogP contribution in [-0.2, 0) is 11.3 Å². The molecule has 4 nitrogen and oxygen atoms in total. The standard InChI is InChI=1S/C13H18O4/c14-10-6-7-11(13(16)12(10)15)17-8-9-4-2-1-3-5-9/h1-5,10-16H,6-8H2/t10-,11-,12+,13-/m0/s1. The molecule has 3 N–H and O–H groups in total. The van der Waals surface area contributed by atoms with Crippen LogP contribution in [0.2, 0.25) is 0 Å². The van der Waals surface area contributed by atoms with Gasteiger partial charge in [0.05, 0.1) is 18.8 Å². The topological polar surface area (TPSA) is 69.9 Å². The van der Waals surface area contributed by atoms with E-state index in [9.17, 15) is 15.3 Å². The van der Waals surface area contributed by atoms with Crippen molar-refractivity contribution in [1.82, 2.24) is 0 Å². The van der Waals surface area contributed by atoms with Crippen molar-refractivity contribution in [3.8, 4) is 0 Å². The zero-order valence-electron chi connectivity index (χ0n) is 9.57. The van der Waals surface area contributed by atoms with Crippen LogP contribution in [0.5, 0.6) is 0 Å². The molecule has 0 spiro atoms. The highest BCUT2D eigenvalue weighted by Gasteiger charge is 2.36. The van der Waals surface area contributed by atoms with E-state index in [1.54, 1.807) is 0 Å². The Labute approximate surface area is 100 Å². The van der Waals surface area contributed by atoms with Crippen molar-refractivity contribution in [2.24, 2.45) is 0 Å². The summed E-state index contributed by atoms with van der Waals surface area (Å²) in [5.41, 5.74) is 1.03. The van der Waals surface area contributed by atoms with E-state index >= 15 is 0 Å². The van der Waals surface area contributed by atoms with Gasteiger partial charge >= 0.3 is 0 Å². The van der Waals surface area contributed by atoms with Gasteiger partial charge < -0.3 is 20.1 Å². The molecule has 0 aliphatic heterocycles. The Hall–Kier alpha value is -0.940. The largest absolute Gasteiger partial charge is 0.390 e. The third-order valence-corrected chi connectivity index (χ3v) is 3.18. The lowest BCUT2D eigenvalue weighted by Crippen LogP contribution is -2.49. The maximum absolute atomic E-state index is 9.75. The van der Waals surface area contributed by atoms with Crippen molar-refractivity contribution in [1.29, 1.82) is 0 Å². The summed E-state index contributed by atoms with van der Waals surface area (Å²) in [5.74, 6) is 0. The number of ether oxygens (including phenoxy) is 1. The molecular formula is C13H18O4. The second-order valence-electron chi connectivity index (χ2n) is 4.46. The summed E-state index contributed by atoms with van der Waals surface area (Å²) < 4.78 is 5.58. The van der Waals surface area contributed by atoms with Crippen molar-refractivity contribution in [3.05, 3.63) is 35.9 Å². The van der Waals surface area contributed by atoms with E-state index in [1.165, 1.54) is 0 Å².